The van der Waals surface area contributed by atoms with E-state index in [0.29, 0.717) is 32.1 Å². The smallest absolute Gasteiger partial charge is 0.328 e. The van der Waals surface area contributed by atoms with Gasteiger partial charge in [0.1, 0.15) is 5.56 Å². The van der Waals surface area contributed by atoms with Gasteiger partial charge in [0, 0.05) is 45.3 Å². The third-order valence-corrected chi connectivity index (χ3v) is 4.97. The maximum absolute atomic E-state index is 12.6. The summed E-state index contributed by atoms with van der Waals surface area (Å²) in [6.45, 7) is 2.19. The first-order valence-electron chi connectivity index (χ1n) is 8.71. The second-order valence-corrected chi connectivity index (χ2v) is 6.74. The number of hydrogen-bond acceptors (Lipinski definition) is 6. The number of aromatic amines is 1. The molecule has 0 unspecified atom stereocenters. The van der Waals surface area contributed by atoms with Crippen molar-refractivity contribution in [2.45, 2.75) is 18.8 Å². The van der Waals surface area contributed by atoms with Crippen molar-refractivity contribution in [3.8, 4) is 0 Å². The molecule has 1 aliphatic carbocycles. The van der Waals surface area contributed by atoms with Gasteiger partial charge in [-0.15, -0.1) is 5.10 Å². The topological polar surface area (TPSA) is 104 Å². The summed E-state index contributed by atoms with van der Waals surface area (Å²) in [4.78, 5) is 42.3. The van der Waals surface area contributed by atoms with Crippen molar-refractivity contribution in [2.24, 2.45) is 7.05 Å². The lowest BCUT2D eigenvalue weighted by Crippen LogP contribution is -2.50. The van der Waals surface area contributed by atoms with E-state index in [2.05, 4.69) is 20.1 Å². The monoisotopic (exact) mass is 356 g/mol. The average molecular weight is 356 g/mol. The molecular weight excluding hydrogens is 336 g/mol. The predicted octanol–water partition coefficient (Wildman–Crippen LogP) is -0.297. The van der Waals surface area contributed by atoms with Crippen LogP contribution < -0.4 is 16.1 Å². The second kappa shape index (κ2) is 6.40. The van der Waals surface area contributed by atoms with Gasteiger partial charge in [0.2, 0.25) is 0 Å². The summed E-state index contributed by atoms with van der Waals surface area (Å²) < 4.78 is 0.903. The fraction of sp³-hybridized carbons (Fsp3) is 0.471. The average Bonchev–Trinajstić information content (AvgIpc) is 3.51. The molecule has 9 heteroatoms. The Kier molecular flexibility index (Phi) is 4.06. The summed E-state index contributed by atoms with van der Waals surface area (Å²) in [5.41, 5.74) is -0.0853. The molecular formula is C17H20N6O3. The van der Waals surface area contributed by atoms with E-state index in [1.54, 1.807) is 4.90 Å². The fourth-order valence-electron chi connectivity index (χ4n) is 3.13. The van der Waals surface area contributed by atoms with E-state index in [4.69, 9.17) is 0 Å². The minimum atomic E-state index is -0.581. The van der Waals surface area contributed by atoms with Crippen molar-refractivity contribution in [1.29, 1.82) is 0 Å². The first-order valence-corrected chi connectivity index (χ1v) is 8.71. The normalized spacial score (nSPS) is 17.4. The Hall–Kier alpha value is -2.97. The molecule has 2 aliphatic rings. The highest BCUT2D eigenvalue weighted by Crippen LogP contribution is 2.38. The zero-order chi connectivity index (χ0) is 18.3. The Labute approximate surface area is 149 Å². The molecule has 2 aromatic rings. The number of aromatic nitrogens is 4. The van der Waals surface area contributed by atoms with E-state index in [1.165, 1.54) is 26.1 Å². The molecule has 2 fully saturated rings. The second-order valence-electron chi connectivity index (χ2n) is 6.74. The highest BCUT2D eigenvalue weighted by atomic mass is 16.2. The Bertz CT molecular complexity index is 936. The van der Waals surface area contributed by atoms with Crippen LogP contribution in [0.15, 0.2) is 27.9 Å². The van der Waals surface area contributed by atoms with Crippen LogP contribution in [0.25, 0.3) is 0 Å². The Balaban J connectivity index is 1.43. The number of amides is 1. The summed E-state index contributed by atoms with van der Waals surface area (Å²) in [5.74, 6) is 1.02. The van der Waals surface area contributed by atoms with Gasteiger partial charge in [0.05, 0.1) is 5.69 Å². The fourth-order valence-corrected chi connectivity index (χ4v) is 3.13. The third-order valence-electron chi connectivity index (χ3n) is 4.97. The molecule has 0 bridgehead atoms. The molecule has 1 N–H and O–H groups in total. The van der Waals surface area contributed by atoms with Crippen LogP contribution in [0, 0.1) is 0 Å². The molecule has 2 aromatic heterocycles. The van der Waals surface area contributed by atoms with Crippen molar-refractivity contribution in [3.05, 3.63) is 50.4 Å². The summed E-state index contributed by atoms with van der Waals surface area (Å²) >= 11 is 0. The number of H-pyrrole nitrogens is 1. The number of nitrogens with one attached hydrogen (secondary N) is 1. The van der Waals surface area contributed by atoms with Crippen LogP contribution in [0.2, 0.25) is 0 Å². The summed E-state index contributed by atoms with van der Waals surface area (Å²) in [6.07, 6.45) is 3.58. The van der Waals surface area contributed by atoms with E-state index in [9.17, 15) is 14.4 Å². The van der Waals surface area contributed by atoms with Crippen molar-refractivity contribution in [2.75, 3.05) is 31.1 Å². The minimum Gasteiger partial charge on any atom is -0.352 e. The van der Waals surface area contributed by atoms with Gasteiger partial charge >= 0.3 is 5.69 Å². The molecule has 0 atom stereocenters. The van der Waals surface area contributed by atoms with Crippen molar-refractivity contribution in [3.63, 3.8) is 0 Å². The van der Waals surface area contributed by atoms with E-state index < -0.39 is 11.2 Å². The molecule has 9 nitrogen and oxygen atoms in total. The van der Waals surface area contributed by atoms with Gasteiger partial charge in [-0.05, 0) is 25.0 Å². The zero-order valence-electron chi connectivity index (χ0n) is 14.5. The van der Waals surface area contributed by atoms with Crippen LogP contribution in [0.1, 0.15) is 34.8 Å². The van der Waals surface area contributed by atoms with Gasteiger partial charge in [-0.25, -0.2) is 4.79 Å². The third kappa shape index (κ3) is 3.00. The van der Waals surface area contributed by atoms with Crippen LogP contribution in [-0.2, 0) is 7.05 Å². The molecule has 1 saturated heterocycles. The van der Waals surface area contributed by atoms with Gasteiger partial charge in [0.25, 0.3) is 11.5 Å². The van der Waals surface area contributed by atoms with Crippen LogP contribution >= 0.6 is 0 Å². The lowest BCUT2D eigenvalue weighted by atomic mass is 10.2. The van der Waals surface area contributed by atoms with Crippen LogP contribution in [-0.4, -0.2) is 56.7 Å². The summed E-state index contributed by atoms with van der Waals surface area (Å²) in [5, 5.41) is 8.60. The van der Waals surface area contributed by atoms with Gasteiger partial charge in [-0.1, -0.05) is 0 Å². The largest absolute Gasteiger partial charge is 0.352 e. The molecule has 1 aliphatic heterocycles. The first-order chi connectivity index (χ1) is 12.5. The Morgan fingerprint density at radius 1 is 1.12 bits per heavy atom. The molecule has 0 spiro atoms. The molecule has 26 heavy (non-hydrogen) atoms. The number of nitrogens with zero attached hydrogens (tertiary/aromatic N) is 5. The highest BCUT2D eigenvalue weighted by molar-refractivity contribution is 5.93. The molecule has 0 radical (unpaired) electrons. The van der Waals surface area contributed by atoms with E-state index in [-0.39, 0.29) is 11.5 Å². The van der Waals surface area contributed by atoms with Crippen molar-refractivity contribution >= 4 is 11.7 Å². The quantitative estimate of drug-likeness (QED) is 0.810. The molecule has 3 heterocycles. The van der Waals surface area contributed by atoms with Gasteiger partial charge in [0.15, 0.2) is 5.82 Å². The van der Waals surface area contributed by atoms with Gasteiger partial charge < -0.3 is 14.8 Å². The highest BCUT2D eigenvalue weighted by Gasteiger charge is 2.27. The molecule has 4 rings (SSSR count). The summed E-state index contributed by atoms with van der Waals surface area (Å²) in [6, 6.07) is 4.01. The summed E-state index contributed by atoms with van der Waals surface area (Å²) in [7, 11) is 1.35. The standard InChI is InChI=1S/C17H20N6O3/c1-21-15(24)12(10-18-17(21)26)16(25)23-8-6-22(7-9-23)14-5-4-13(19-20-14)11-2-3-11/h4-5,10-11H,2-3,6-9H2,1H3,(H,18,26). The number of rotatable bonds is 3. The van der Waals surface area contributed by atoms with E-state index in [1.807, 2.05) is 12.1 Å². The minimum absolute atomic E-state index is 0.0193. The zero-order valence-corrected chi connectivity index (χ0v) is 14.5. The first kappa shape index (κ1) is 16.5. The maximum Gasteiger partial charge on any atom is 0.328 e. The molecule has 136 valence electrons. The van der Waals surface area contributed by atoms with Crippen molar-refractivity contribution in [1.82, 2.24) is 24.6 Å². The molecule has 1 saturated carbocycles. The number of carbonyl (C=O) groups is 1. The Morgan fingerprint density at radius 2 is 1.85 bits per heavy atom. The van der Waals surface area contributed by atoms with E-state index >= 15 is 0 Å². The SMILES string of the molecule is Cn1c(=O)[nH]cc(C(=O)N2CCN(c3ccc(C4CC4)nn3)CC2)c1=O. The lowest BCUT2D eigenvalue weighted by molar-refractivity contribution is 0.0743. The predicted molar refractivity (Wildman–Crippen MR) is 94.4 cm³/mol. The molecule has 0 aromatic carbocycles. The van der Waals surface area contributed by atoms with Crippen molar-refractivity contribution < 1.29 is 4.79 Å². The number of anilines is 1. The number of carbonyl (C=O) groups excluding carboxylic acids is 1. The maximum atomic E-state index is 12.6. The Morgan fingerprint density at radius 3 is 2.46 bits per heavy atom. The number of piperazine rings is 1. The van der Waals surface area contributed by atoms with Gasteiger partial charge in [-0.2, -0.15) is 5.10 Å². The molecule has 1 amide bonds. The number of hydrogen-bond donors (Lipinski definition) is 1. The van der Waals surface area contributed by atoms with Crippen LogP contribution in [0.3, 0.4) is 0 Å². The lowest BCUT2D eigenvalue weighted by Gasteiger charge is -2.35. The van der Waals surface area contributed by atoms with Crippen LogP contribution in [0.4, 0.5) is 5.82 Å². The van der Waals surface area contributed by atoms with Gasteiger partial charge in [-0.3, -0.25) is 14.2 Å². The van der Waals surface area contributed by atoms with E-state index in [0.717, 1.165) is 16.1 Å². The van der Waals surface area contributed by atoms with Crippen LogP contribution in [0.5, 0.6) is 0 Å².